The number of morpholine rings is 1. The van der Waals surface area contributed by atoms with Crippen molar-refractivity contribution in [3.8, 4) is 0 Å². The summed E-state index contributed by atoms with van der Waals surface area (Å²) in [5.41, 5.74) is -0.660. The average molecular weight is 563 g/mol. The third kappa shape index (κ3) is 8.66. The molecule has 1 saturated heterocycles. The van der Waals surface area contributed by atoms with Crippen LogP contribution in [0.1, 0.15) is 54.0 Å². The second-order valence-corrected chi connectivity index (χ2v) is 12.0. The van der Waals surface area contributed by atoms with Gasteiger partial charge in [-0.1, -0.05) is 36.7 Å². The van der Waals surface area contributed by atoms with Gasteiger partial charge in [0.2, 0.25) is 6.04 Å². The minimum atomic E-state index is -1.62. The number of aliphatic hydroxyl groups is 1. The second-order valence-electron chi connectivity index (χ2n) is 11.1. The van der Waals surface area contributed by atoms with Crippen molar-refractivity contribution in [3.63, 3.8) is 0 Å². The lowest BCUT2D eigenvalue weighted by molar-refractivity contribution is -0.536. The largest absolute Gasteiger partial charge is 0.444 e. The number of hydrogen-bond acceptors (Lipinski definition) is 7. The zero-order chi connectivity index (χ0) is 26.7. The first-order valence-electron chi connectivity index (χ1n) is 11.5. The summed E-state index contributed by atoms with van der Waals surface area (Å²) >= 11 is 3.18. The molecular formula is C24H36BrFN2O7. The van der Waals surface area contributed by atoms with Crippen LogP contribution in [0.4, 0.5) is 9.18 Å². The van der Waals surface area contributed by atoms with Crippen molar-refractivity contribution in [2.45, 2.75) is 91.0 Å². The average Bonchev–Trinajstić information content (AvgIpc) is 2.67. The van der Waals surface area contributed by atoms with Gasteiger partial charge in [-0.25, -0.2) is 9.18 Å². The summed E-state index contributed by atoms with van der Waals surface area (Å²) in [6.45, 7) is 12.9. The van der Waals surface area contributed by atoms with Crippen LogP contribution < -0.4 is 0 Å². The van der Waals surface area contributed by atoms with Crippen molar-refractivity contribution in [1.82, 2.24) is 4.90 Å². The molecule has 2 rings (SSSR count). The molecule has 5 atom stereocenters. The fourth-order valence-electron chi connectivity index (χ4n) is 3.79. The van der Waals surface area contributed by atoms with Crippen LogP contribution in [0.25, 0.3) is 0 Å². The Balaban J connectivity index is 2.34. The Bertz CT molecular complexity index is 883. The molecule has 0 unspecified atom stereocenters. The molecule has 0 bridgehead atoms. The Morgan fingerprint density at radius 1 is 1.31 bits per heavy atom. The van der Waals surface area contributed by atoms with Crippen molar-refractivity contribution >= 4 is 22.0 Å². The van der Waals surface area contributed by atoms with E-state index >= 15 is 0 Å². The van der Waals surface area contributed by atoms with Gasteiger partial charge < -0.3 is 19.3 Å². The lowest BCUT2D eigenvalue weighted by Gasteiger charge is -2.46. The lowest BCUT2D eigenvalue weighted by Crippen LogP contribution is -2.65. The van der Waals surface area contributed by atoms with E-state index in [0.29, 0.717) is 16.6 Å². The smallest absolute Gasteiger partial charge is 0.411 e. The molecule has 0 aliphatic carbocycles. The molecule has 9 nitrogen and oxygen atoms in total. The summed E-state index contributed by atoms with van der Waals surface area (Å²) in [7, 11) is 0. The number of aliphatic hydroxyl groups excluding tert-OH is 1. The van der Waals surface area contributed by atoms with Crippen molar-refractivity contribution in [2.75, 3.05) is 13.2 Å². The summed E-state index contributed by atoms with van der Waals surface area (Å²) in [6.07, 6.45) is -3.41. The third-order valence-corrected chi connectivity index (χ3v) is 5.79. The van der Waals surface area contributed by atoms with E-state index in [1.165, 1.54) is 17.0 Å². The summed E-state index contributed by atoms with van der Waals surface area (Å²) in [6, 6.07) is 0.656. The van der Waals surface area contributed by atoms with Crippen LogP contribution in [0.3, 0.4) is 0 Å². The minimum Gasteiger partial charge on any atom is -0.444 e. The van der Waals surface area contributed by atoms with Gasteiger partial charge in [0.15, 0.2) is 6.29 Å². The van der Waals surface area contributed by atoms with E-state index in [9.17, 15) is 24.4 Å². The molecular weight excluding hydrogens is 527 g/mol. The number of benzene rings is 1. The molecule has 0 saturated carbocycles. The summed E-state index contributed by atoms with van der Waals surface area (Å²) in [5, 5.41) is 23.1. The fourth-order valence-corrected chi connectivity index (χ4v) is 4.30. The van der Waals surface area contributed by atoms with Crippen LogP contribution in [0.15, 0.2) is 22.7 Å². The van der Waals surface area contributed by atoms with Crippen molar-refractivity contribution in [1.29, 1.82) is 0 Å². The lowest BCUT2D eigenvalue weighted by atomic mass is 9.94. The van der Waals surface area contributed by atoms with Crippen LogP contribution in [0.5, 0.6) is 0 Å². The number of nitro groups is 1. The summed E-state index contributed by atoms with van der Waals surface area (Å²) in [5.74, 6) is -0.560. The molecule has 1 fully saturated rings. The molecule has 1 amide bonds. The molecule has 1 aromatic carbocycles. The van der Waals surface area contributed by atoms with Gasteiger partial charge in [0.1, 0.15) is 17.5 Å². The maximum atomic E-state index is 13.8. The number of carbonyl (C=O) groups is 1. The molecule has 1 aromatic rings. The Labute approximate surface area is 214 Å². The van der Waals surface area contributed by atoms with Crippen LogP contribution in [-0.4, -0.2) is 70.4 Å². The molecule has 1 aliphatic rings. The third-order valence-electron chi connectivity index (χ3n) is 5.33. The normalized spacial score (nSPS) is 23.0. The van der Waals surface area contributed by atoms with Crippen LogP contribution in [0, 0.1) is 21.3 Å². The number of rotatable bonds is 7. The number of ether oxygens (including phenoxy) is 3. The van der Waals surface area contributed by atoms with Gasteiger partial charge in [-0.15, -0.1) is 0 Å². The first-order valence-corrected chi connectivity index (χ1v) is 12.3. The zero-order valence-electron chi connectivity index (χ0n) is 21.3. The first kappa shape index (κ1) is 29.4. The van der Waals surface area contributed by atoms with Gasteiger partial charge in [-0.05, 0) is 56.9 Å². The highest BCUT2D eigenvalue weighted by molar-refractivity contribution is 9.10. The SMILES string of the molecule is C[C@H]1[C@H](OCC(C)(C)C)OC[C@H]([C@@H](O)[C@H](Cc2cc(F)cc(Br)c2)[N+](=O)[O-])N1C(=O)OC(C)(C)C. The molecule has 0 aromatic heterocycles. The van der Waals surface area contributed by atoms with Gasteiger partial charge in [-0.2, -0.15) is 0 Å². The van der Waals surface area contributed by atoms with Gasteiger partial charge >= 0.3 is 6.09 Å². The van der Waals surface area contributed by atoms with Crippen LogP contribution in [-0.2, 0) is 20.6 Å². The van der Waals surface area contributed by atoms with Gasteiger partial charge in [0, 0.05) is 15.8 Å². The number of carbonyl (C=O) groups excluding carboxylic acids is 1. The predicted molar refractivity (Wildman–Crippen MR) is 131 cm³/mol. The molecule has 198 valence electrons. The van der Waals surface area contributed by atoms with E-state index in [1.807, 2.05) is 20.8 Å². The fraction of sp³-hybridized carbons (Fsp3) is 0.708. The molecule has 11 heteroatoms. The summed E-state index contributed by atoms with van der Waals surface area (Å²) < 4.78 is 31.5. The maximum Gasteiger partial charge on any atom is 0.411 e. The van der Waals surface area contributed by atoms with Crippen LogP contribution in [0.2, 0.25) is 0 Å². The van der Waals surface area contributed by atoms with Gasteiger partial charge in [-0.3, -0.25) is 15.0 Å². The predicted octanol–water partition coefficient (Wildman–Crippen LogP) is 4.55. The Morgan fingerprint density at radius 2 is 1.94 bits per heavy atom. The van der Waals surface area contributed by atoms with E-state index in [2.05, 4.69) is 15.9 Å². The topological polar surface area (TPSA) is 111 Å². The number of halogens is 2. The first-order chi connectivity index (χ1) is 16.0. The number of nitrogens with zero attached hydrogens (tertiary/aromatic N) is 2. The highest BCUT2D eigenvalue weighted by atomic mass is 79.9. The Kier molecular flexibility index (Phi) is 9.66. The molecule has 1 aliphatic heterocycles. The molecule has 1 N–H and O–H groups in total. The zero-order valence-corrected chi connectivity index (χ0v) is 22.9. The second kappa shape index (κ2) is 11.5. The molecule has 0 radical (unpaired) electrons. The quantitative estimate of drug-likeness (QED) is 0.383. The number of hydrogen-bond donors (Lipinski definition) is 1. The van der Waals surface area contributed by atoms with Crippen molar-refractivity contribution in [2.24, 2.45) is 5.41 Å². The maximum absolute atomic E-state index is 13.8. The van der Waals surface area contributed by atoms with Crippen molar-refractivity contribution in [3.05, 3.63) is 44.2 Å². The summed E-state index contributed by atoms with van der Waals surface area (Å²) in [4.78, 5) is 25.8. The van der Waals surface area contributed by atoms with E-state index < -0.39 is 53.0 Å². The standard InChI is InChI=1S/C24H36BrFN2O7/c1-14-21(34-13-23(2,3)4)33-12-19(27(14)22(30)35-24(5,6)7)20(29)18(28(31)32)10-15-8-16(25)11-17(26)9-15/h8-9,11,14,18-21,29H,10,12-13H2,1-7H3/t14-,18-,19+,20-,21-/m0/s1. The van der Waals surface area contributed by atoms with E-state index in [1.54, 1.807) is 33.8 Å². The Morgan fingerprint density at radius 3 is 2.46 bits per heavy atom. The number of amides is 1. The van der Waals surface area contributed by atoms with E-state index in [4.69, 9.17) is 14.2 Å². The minimum absolute atomic E-state index is 0.161. The Hall–Kier alpha value is -1.82. The van der Waals surface area contributed by atoms with E-state index in [0.717, 1.165) is 0 Å². The van der Waals surface area contributed by atoms with Crippen LogP contribution >= 0.6 is 15.9 Å². The van der Waals surface area contributed by atoms with Gasteiger partial charge in [0.05, 0.1) is 25.3 Å². The van der Waals surface area contributed by atoms with Gasteiger partial charge in [0.25, 0.3) is 0 Å². The molecule has 35 heavy (non-hydrogen) atoms. The molecule has 1 heterocycles. The highest BCUT2D eigenvalue weighted by Gasteiger charge is 2.48. The van der Waals surface area contributed by atoms with Crippen molar-refractivity contribution < 1.29 is 33.4 Å². The highest BCUT2D eigenvalue weighted by Crippen LogP contribution is 2.29. The molecule has 0 spiro atoms. The van der Waals surface area contributed by atoms with E-state index in [-0.39, 0.29) is 18.4 Å². The monoisotopic (exact) mass is 562 g/mol.